The van der Waals surface area contributed by atoms with Crippen molar-refractivity contribution in [3.8, 4) is 0 Å². The van der Waals surface area contributed by atoms with E-state index in [1.165, 1.54) is 10.5 Å². The summed E-state index contributed by atoms with van der Waals surface area (Å²) in [6.07, 6.45) is 0.794. The highest BCUT2D eigenvalue weighted by Gasteiger charge is 2.28. The maximum absolute atomic E-state index is 12.3. The Balaban J connectivity index is 1.74. The molecule has 2 aromatic rings. The SMILES string of the molecule is Cc1n[nH]c(C)c1NC(=O)C1Cc2ccccc2S1. The normalized spacial score (nSPS) is 17.3. The number of anilines is 1. The van der Waals surface area contributed by atoms with E-state index in [0.29, 0.717) is 0 Å². The summed E-state index contributed by atoms with van der Waals surface area (Å²) < 4.78 is 0. The smallest absolute Gasteiger partial charge is 0.238 e. The van der Waals surface area contributed by atoms with Crippen LogP contribution in [0, 0.1) is 13.8 Å². The lowest BCUT2D eigenvalue weighted by molar-refractivity contribution is -0.115. The van der Waals surface area contributed by atoms with E-state index in [1.54, 1.807) is 11.8 Å². The predicted octanol–water partition coefficient (Wildman–Crippen LogP) is 2.68. The highest BCUT2D eigenvalue weighted by Crippen LogP contribution is 2.37. The highest BCUT2D eigenvalue weighted by atomic mass is 32.2. The van der Waals surface area contributed by atoms with Gasteiger partial charge < -0.3 is 5.32 Å². The van der Waals surface area contributed by atoms with Crippen molar-refractivity contribution < 1.29 is 4.79 Å². The number of aryl methyl sites for hydroxylation is 2. The summed E-state index contributed by atoms with van der Waals surface area (Å²) in [5.74, 6) is 0.0498. The summed E-state index contributed by atoms with van der Waals surface area (Å²) in [5.41, 5.74) is 3.78. The molecule has 1 aromatic heterocycles. The van der Waals surface area contributed by atoms with Gasteiger partial charge >= 0.3 is 0 Å². The minimum absolute atomic E-state index is 0.0498. The first-order valence-electron chi connectivity index (χ1n) is 6.22. The fourth-order valence-corrected chi connectivity index (χ4v) is 3.46. The Bertz CT molecular complexity index is 591. The van der Waals surface area contributed by atoms with Gasteiger partial charge in [0.25, 0.3) is 0 Å². The molecule has 4 nitrogen and oxygen atoms in total. The topological polar surface area (TPSA) is 57.8 Å². The van der Waals surface area contributed by atoms with Crippen molar-refractivity contribution in [2.45, 2.75) is 30.4 Å². The van der Waals surface area contributed by atoms with Crippen LogP contribution < -0.4 is 5.32 Å². The van der Waals surface area contributed by atoms with Gasteiger partial charge in [-0.2, -0.15) is 5.10 Å². The molecule has 1 amide bonds. The summed E-state index contributed by atoms with van der Waals surface area (Å²) in [4.78, 5) is 13.5. The third kappa shape index (κ3) is 2.26. The molecule has 1 unspecified atom stereocenters. The third-order valence-electron chi connectivity index (χ3n) is 3.32. The van der Waals surface area contributed by atoms with Crippen LogP contribution in [0.25, 0.3) is 0 Å². The summed E-state index contributed by atoms with van der Waals surface area (Å²) in [5, 5.41) is 9.90. The summed E-state index contributed by atoms with van der Waals surface area (Å²) in [6, 6.07) is 8.19. The Morgan fingerprint density at radius 1 is 1.42 bits per heavy atom. The van der Waals surface area contributed by atoms with Gasteiger partial charge in [0, 0.05) is 4.90 Å². The van der Waals surface area contributed by atoms with Crippen molar-refractivity contribution >= 4 is 23.4 Å². The molecule has 0 spiro atoms. The van der Waals surface area contributed by atoms with Gasteiger partial charge in [-0.05, 0) is 31.9 Å². The number of nitrogens with zero attached hydrogens (tertiary/aromatic N) is 1. The number of H-pyrrole nitrogens is 1. The van der Waals surface area contributed by atoms with E-state index in [4.69, 9.17) is 0 Å². The standard InChI is InChI=1S/C14H15N3OS/c1-8-13(9(2)17-16-8)15-14(18)12-7-10-5-3-4-6-11(10)19-12/h3-6,12H,7H2,1-2H3,(H,15,18)(H,16,17). The average Bonchev–Trinajstić information content (AvgIpc) is 2.97. The van der Waals surface area contributed by atoms with Crippen LogP contribution in [-0.2, 0) is 11.2 Å². The van der Waals surface area contributed by atoms with Crippen LogP contribution in [-0.4, -0.2) is 21.4 Å². The number of aromatic nitrogens is 2. The van der Waals surface area contributed by atoms with E-state index in [1.807, 2.05) is 26.0 Å². The van der Waals surface area contributed by atoms with Crippen LogP contribution in [0.1, 0.15) is 17.0 Å². The Kier molecular flexibility index (Phi) is 3.06. The molecular formula is C14H15N3OS. The van der Waals surface area contributed by atoms with E-state index >= 15 is 0 Å². The van der Waals surface area contributed by atoms with Gasteiger partial charge in [0.2, 0.25) is 5.91 Å². The second kappa shape index (κ2) is 4.74. The van der Waals surface area contributed by atoms with Crippen molar-refractivity contribution in [2.75, 3.05) is 5.32 Å². The van der Waals surface area contributed by atoms with E-state index in [2.05, 4.69) is 27.6 Å². The van der Waals surface area contributed by atoms with Crippen molar-refractivity contribution in [3.63, 3.8) is 0 Å². The van der Waals surface area contributed by atoms with Gasteiger partial charge in [-0.1, -0.05) is 18.2 Å². The zero-order chi connectivity index (χ0) is 13.4. The Labute approximate surface area is 116 Å². The molecular weight excluding hydrogens is 258 g/mol. The molecule has 0 aliphatic carbocycles. The van der Waals surface area contributed by atoms with Crippen LogP contribution in [0.5, 0.6) is 0 Å². The van der Waals surface area contributed by atoms with Crippen LogP contribution in [0.15, 0.2) is 29.2 Å². The lowest BCUT2D eigenvalue weighted by atomic mass is 10.1. The number of thioether (sulfide) groups is 1. The predicted molar refractivity (Wildman–Crippen MR) is 76.5 cm³/mol. The minimum Gasteiger partial charge on any atom is -0.322 e. The van der Waals surface area contributed by atoms with Crippen LogP contribution in [0.3, 0.4) is 0 Å². The molecule has 0 bridgehead atoms. The summed E-state index contributed by atoms with van der Waals surface area (Å²) in [7, 11) is 0. The lowest BCUT2D eigenvalue weighted by Gasteiger charge is -2.09. The minimum atomic E-state index is -0.0499. The number of nitrogens with one attached hydrogen (secondary N) is 2. The van der Waals surface area contributed by atoms with Gasteiger partial charge in [0.1, 0.15) is 0 Å². The maximum Gasteiger partial charge on any atom is 0.238 e. The largest absolute Gasteiger partial charge is 0.322 e. The molecule has 1 aromatic carbocycles. The molecule has 0 saturated carbocycles. The first kappa shape index (κ1) is 12.3. The molecule has 5 heteroatoms. The Morgan fingerprint density at radius 3 is 2.89 bits per heavy atom. The lowest BCUT2D eigenvalue weighted by Crippen LogP contribution is -2.25. The fraction of sp³-hybridized carbons (Fsp3) is 0.286. The van der Waals surface area contributed by atoms with Gasteiger partial charge in [-0.3, -0.25) is 9.89 Å². The summed E-state index contributed by atoms with van der Waals surface area (Å²) in [6.45, 7) is 3.79. The zero-order valence-electron chi connectivity index (χ0n) is 10.9. The first-order valence-corrected chi connectivity index (χ1v) is 7.10. The molecule has 1 aliphatic heterocycles. The average molecular weight is 273 g/mol. The van der Waals surface area contributed by atoms with Crippen LogP contribution in [0.4, 0.5) is 5.69 Å². The number of rotatable bonds is 2. The molecule has 19 heavy (non-hydrogen) atoms. The molecule has 3 rings (SSSR count). The van der Waals surface area contributed by atoms with E-state index in [0.717, 1.165) is 23.5 Å². The highest BCUT2D eigenvalue weighted by molar-refractivity contribution is 8.01. The molecule has 98 valence electrons. The number of hydrogen-bond acceptors (Lipinski definition) is 3. The number of hydrogen-bond donors (Lipinski definition) is 2. The number of carbonyl (C=O) groups excluding carboxylic acids is 1. The van der Waals surface area contributed by atoms with Gasteiger partial charge in [0.05, 0.1) is 22.3 Å². The molecule has 1 aliphatic rings. The van der Waals surface area contributed by atoms with E-state index in [9.17, 15) is 4.79 Å². The summed E-state index contributed by atoms with van der Waals surface area (Å²) >= 11 is 1.64. The quantitative estimate of drug-likeness (QED) is 0.884. The monoisotopic (exact) mass is 273 g/mol. The van der Waals surface area contributed by atoms with Crippen LogP contribution in [0.2, 0.25) is 0 Å². The number of aromatic amines is 1. The van der Waals surface area contributed by atoms with Crippen molar-refractivity contribution in [1.82, 2.24) is 10.2 Å². The van der Waals surface area contributed by atoms with Gasteiger partial charge in [-0.15, -0.1) is 11.8 Å². The fourth-order valence-electron chi connectivity index (χ4n) is 2.27. The number of amides is 1. The van der Waals surface area contributed by atoms with E-state index in [-0.39, 0.29) is 11.2 Å². The van der Waals surface area contributed by atoms with Gasteiger partial charge in [0.15, 0.2) is 0 Å². The van der Waals surface area contributed by atoms with Crippen LogP contribution >= 0.6 is 11.8 Å². The molecule has 0 radical (unpaired) electrons. The van der Waals surface area contributed by atoms with Gasteiger partial charge in [-0.25, -0.2) is 0 Å². The molecule has 0 fully saturated rings. The van der Waals surface area contributed by atoms with Crippen molar-refractivity contribution in [2.24, 2.45) is 0 Å². The molecule has 1 atom stereocenters. The Morgan fingerprint density at radius 2 is 2.21 bits per heavy atom. The second-order valence-corrected chi connectivity index (χ2v) is 5.96. The number of fused-ring (bicyclic) bond motifs is 1. The third-order valence-corrected chi connectivity index (χ3v) is 4.63. The van der Waals surface area contributed by atoms with E-state index < -0.39 is 0 Å². The number of benzene rings is 1. The second-order valence-electron chi connectivity index (χ2n) is 4.72. The van der Waals surface area contributed by atoms with Crippen molar-refractivity contribution in [3.05, 3.63) is 41.2 Å². The van der Waals surface area contributed by atoms with Crippen molar-refractivity contribution in [1.29, 1.82) is 0 Å². The molecule has 2 heterocycles. The number of carbonyl (C=O) groups is 1. The Hall–Kier alpha value is -1.75. The zero-order valence-corrected chi connectivity index (χ0v) is 11.7. The molecule has 0 saturated heterocycles. The molecule has 2 N–H and O–H groups in total. The maximum atomic E-state index is 12.3. The first-order chi connectivity index (χ1) is 9.15.